The van der Waals surface area contributed by atoms with Crippen LogP contribution in [-0.4, -0.2) is 250 Å². The van der Waals surface area contributed by atoms with Gasteiger partial charge in [-0.15, -0.1) is 6.58 Å². The molecule has 4 saturated heterocycles. The smallest absolute Gasteiger partial charge is 0.550 e. The Morgan fingerprint density at radius 3 is 1.33 bits per heavy atom. The molecule has 6 saturated carbocycles. The molecular weight excluding hydrogens is 1960 g/mol. The molecule has 0 radical (unpaired) electrons. The first-order chi connectivity index (χ1) is 68.8. The summed E-state index contributed by atoms with van der Waals surface area (Å²) in [5.74, 6) is 1.41. The number of oxazole rings is 2. The van der Waals surface area contributed by atoms with E-state index in [0.717, 1.165) is 51.3 Å². The number of sulfonamides is 1. The number of aryl methyl sites for hydroxylation is 1. The van der Waals surface area contributed by atoms with Crippen molar-refractivity contribution in [1.82, 2.24) is 44.4 Å². The number of halogens is 2. The van der Waals surface area contributed by atoms with E-state index >= 15 is 0 Å². The van der Waals surface area contributed by atoms with Crippen molar-refractivity contribution in [2.75, 3.05) is 89.5 Å². The number of nitrogens with two attached hydrogens (primary N) is 1. The van der Waals surface area contributed by atoms with Crippen molar-refractivity contribution in [2.45, 2.75) is 279 Å². The van der Waals surface area contributed by atoms with Gasteiger partial charge in [-0.3, -0.25) is 54.0 Å². The number of anilines is 2. The Kier molecular flexibility index (Phi) is 36.7. The third-order valence-electron chi connectivity index (χ3n) is 30.2. The number of carbonyl (C=O) groups is 9. The molecule has 3 unspecified atom stereocenters. The number of hydrogen-bond donors (Lipinski definition) is 6. The summed E-state index contributed by atoms with van der Waals surface area (Å²) in [6, 6.07) is 15.9. The van der Waals surface area contributed by atoms with Crippen LogP contribution in [0.3, 0.4) is 0 Å². The number of rotatable bonds is 38. The first-order valence-electron chi connectivity index (χ1n) is 50.9. The molecular formula is C107H143Cl2N12NaO24S. The summed E-state index contributed by atoms with van der Waals surface area (Å²) in [5, 5.41) is 37.5. The maximum atomic E-state index is 14.9. The maximum absolute atomic E-state index is 14.9. The molecule has 0 spiro atoms. The van der Waals surface area contributed by atoms with Crippen molar-refractivity contribution < 1.29 is 143 Å². The van der Waals surface area contributed by atoms with Crippen molar-refractivity contribution in [3.63, 3.8) is 0 Å². The second kappa shape index (κ2) is 47.1. The van der Waals surface area contributed by atoms with Crippen molar-refractivity contribution in [3.8, 4) is 45.8 Å². The number of hydrogen-bond acceptors (Lipinski definition) is 31. The summed E-state index contributed by atoms with van der Waals surface area (Å²) >= 11 is 14.3. The van der Waals surface area contributed by atoms with Crippen molar-refractivity contribution >= 4 is 120 Å². The van der Waals surface area contributed by atoms with Gasteiger partial charge in [-0.2, -0.15) is 14.8 Å². The molecule has 40 heteroatoms. The van der Waals surface area contributed by atoms with Crippen LogP contribution >= 0.6 is 23.2 Å². The molecule has 2 amide bonds. The number of likely N-dealkylation sites (tertiary alicyclic amines) is 2. The number of carboxylic acid groups (broad SMARTS) is 3. The van der Waals surface area contributed by atoms with Gasteiger partial charge < -0.3 is 87.3 Å². The number of hydrazine groups is 1. The summed E-state index contributed by atoms with van der Waals surface area (Å²) < 4.78 is 83.1. The number of esters is 2. The van der Waals surface area contributed by atoms with Crippen LogP contribution in [0, 0.1) is 75.9 Å². The molecule has 16 atom stereocenters. The Hall–Kier alpha value is -9.64. The van der Waals surface area contributed by atoms with E-state index in [1.165, 1.54) is 47.3 Å². The number of amides is 2. The Morgan fingerprint density at radius 1 is 0.585 bits per heavy atom. The van der Waals surface area contributed by atoms with Crippen LogP contribution in [0.15, 0.2) is 99.6 Å². The molecule has 36 nitrogen and oxygen atoms in total. The fourth-order valence-electron chi connectivity index (χ4n) is 21.4. The van der Waals surface area contributed by atoms with E-state index in [9.17, 15) is 57.0 Å². The molecule has 17 rings (SSSR count). The summed E-state index contributed by atoms with van der Waals surface area (Å²) in [6.45, 7) is 42.7. The van der Waals surface area contributed by atoms with Gasteiger partial charge in [-0.05, 0) is 203 Å². The molecule has 4 aliphatic heterocycles. The topological polar surface area (TPSA) is 478 Å². The van der Waals surface area contributed by atoms with Crippen LogP contribution in [0.25, 0.3) is 44.6 Å². The molecule has 3 aromatic carbocycles. The second-order valence-electron chi connectivity index (χ2n) is 45.0. The van der Waals surface area contributed by atoms with Gasteiger partial charge in [-0.1, -0.05) is 102 Å². The number of pyridine rings is 2. The first kappa shape index (κ1) is 114. The number of nitrogens with one attached hydrogen (secondary N) is 3. The monoisotopic (exact) mass is 2100 g/mol. The third-order valence-corrected chi connectivity index (χ3v) is 32.2. The van der Waals surface area contributed by atoms with E-state index in [1.54, 1.807) is 47.3 Å². The zero-order chi connectivity index (χ0) is 106. The van der Waals surface area contributed by atoms with E-state index in [4.69, 9.17) is 95.6 Å². The fraction of sp³-hybridized carbons (Fsp3) is 0.617. The number of carboxylic acids is 3. The Balaban J connectivity index is 0.000000212. The molecule has 10 aliphatic rings. The summed E-state index contributed by atoms with van der Waals surface area (Å²) in [6.07, 6.45) is 9.47. The number of ketones is 2. The quantitative estimate of drug-likeness (QED) is 0.00688. The van der Waals surface area contributed by atoms with Gasteiger partial charge in [0.05, 0.1) is 114 Å². The maximum Gasteiger partial charge on any atom is 1.00 e. The van der Waals surface area contributed by atoms with Crippen LogP contribution in [0.1, 0.15) is 213 Å². The number of ether oxygens (including phenoxy) is 8. The SMILES string of the molecule is C=C[C@@H]1C[C@]1(CC(=O)[C@@H]1C[C@@H](Oc2cc(-c3coc(NC(C)C)n3)nc3c(Cl)c(OCCN4CCOCC4(C)C)ccc23)CN1C(=O)[C@@H](CC(=O)OC1C[C@@H]2C[C@@H]2C1)C(C)(C)C)C(=O)O.CC(=O)[O-].CC[C@@H]1C[C@]1(CC(=O)[C@@H]1CC(Oc2cc(-c3coc(NC(C)C)n3)nc3c(Cl)c(OCCN4CCOCC4(C)C)ccc23)CN1C(=O)[C@@H](CC(=O)OC1C[C@@H]2C[C@@H]2C1)C(C)(C)C)C(=O)O.Cc1ccc(S(=O)(=O)NN)cc1.[Na+]. The Morgan fingerprint density at radius 2 is 0.986 bits per heavy atom. The van der Waals surface area contributed by atoms with Crippen LogP contribution in [0.2, 0.25) is 10.0 Å². The molecule has 147 heavy (non-hydrogen) atoms. The van der Waals surface area contributed by atoms with Crippen molar-refractivity contribution in [3.05, 3.63) is 101 Å². The van der Waals surface area contributed by atoms with E-state index in [0.29, 0.717) is 169 Å². The molecule has 10 fully saturated rings. The number of fused-ring (bicyclic) bond motifs is 4. The van der Waals surface area contributed by atoms with Crippen LogP contribution in [-0.2, 0) is 72.1 Å². The minimum absolute atomic E-state index is 0. The number of carbonyl (C=O) groups excluding carboxylic acids is 7. The average molecular weight is 2110 g/mol. The van der Waals surface area contributed by atoms with Crippen molar-refractivity contribution in [2.24, 2.45) is 74.8 Å². The van der Waals surface area contributed by atoms with Gasteiger partial charge in [0.25, 0.3) is 22.1 Å². The van der Waals surface area contributed by atoms with Crippen molar-refractivity contribution in [1.29, 1.82) is 0 Å². The van der Waals surface area contributed by atoms with Gasteiger partial charge in [0.1, 0.15) is 94.6 Å². The van der Waals surface area contributed by atoms with Gasteiger partial charge >= 0.3 is 53.4 Å². The minimum Gasteiger partial charge on any atom is -0.550 e. The minimum atomic E-state index is -3.49. The zero-order valence-electron chi connectivity index (χ0n) is 87.7. The molecule has 7 N–H and O–H groups in total. The molecule has 6 aliphatic carbocycles. The summed E-state index contributed by atoms with van der Waals surface area (Å²) in [7, 11) is -3.49. The molecule has 4 aromatic heterocycles. The molecule has 8 heterocycles. The number of nitrogens with zero attached hydrogens (tertiary/aromatic N) is 8. The second-order valence-corrected chi connectivity index (χ2v) is 47.5. The largest absolute Gasteiger partial charge is 1.00 e. The zero-order valence-corrected chi connectivity index (χ0v) is 92.1. The normalized spacial score (nSPS) is 25.5. The van der Waals surface area contributed by atoms with E-state index in [1.807, 2.05) is 95.2 Å². The van der Waals surface area contributed by atoms with E-state index < -0.39 is 97.7 Å². The predicted octanol–water partition coefficient (Wildman–Crippen LogP) is 11.8. The van der Waals surface area contributed by atoms with Gasteiger partial charge in [0.15, 0.2) is 11.6 Å². The summed E-state index contributed by atoms with van der Waals surface area (Å²) in [5.41, 5.74) is -0.616. The standard InChI is InChI=1S/C49H66ClN5O10.C49H64ClN5O10.C7H10N2O2S.C2H4O2.Na/c2*1-9-30-22-49(30,45(59)60)23-38(56)37-19-32(24-55(37)44(58)34(47(4,5)6)20-41(57)65-31-17-28-16-29(28)18-31)64-40-21-35(36-25-63-46(53-36)51-27(2)3)52-43-33(40)10-11-39(42(43)50)62-15-13-54-12-14-61-26-48(54,7)8;1-6-2-4-7(5-3-6)12(10,11)9-8;1-2(3)4;/h10-11,21,25,27-32,34,37H,9,12-20,22-24,26H2,1-8H3,(H,51,53)(H,59,60);9-11,21,25,27-32,34,37H,1,12-20,22-24,26H2,2-8H3,(H,51,53)(H,59,60);2-5,9H,8H2,1H3;1H3,(H,3,4);/q;;;;+1/p-1/t28-,29+,30-,31?,32?,34-,37+,49-;28-,29+,30-,31?,32-,34-,37+,49-;;;/m11.../s1. The number of aliphatic carboxylic acids is 3. The number of allylic oxidation sites excluding steroid dienone is 1. The van der Waals surface area contributed by atoms with Gasteiger partial charge in [-0.25, -0.2) is 18.4 Å². The number of Topliss-reactive ketones (excluding diaryl/α,β-unsaturated/α-hetero) is 2. The van der Waals surface area contributed by atoms with Gasteiger partial charge in [0.2, 0.25) is 11.8 Å². The average Bonchev–Trinajstić information content (AvgIpc) is 1.58. The molecule has 0 bridgehead atoms. The van der Waals surface area contributed by atoms with Crippen LogP contribution in [0.4, 0.5) is 12.0 Å². The van der Waals surface area contributed by atoms with E-state index in [-0.39, 0.29) is 173 Å². The Labute approximate surface area is 891 Å². The first-order valence-corrected chi connectivity index (χ1v) is 53.1. The number of benzene rings is 3. The van der Waals surface area contributed by atoms with Crippen LogP contribution in [0.5, 0.6) is 23.0 Å². The molecule has 796 valence electrons. The number of aromatic nitrogens is 4. The fourth-order valence-corrected chi connectivity index (χ4v) is 22.5. The summed E-state index contributed by atoms with van der Waals surface area (Å²) in [4.78, 5) is 149. The van der Waals surface area contributed by atoms with Crippen LogP contribution < -0.4 is 74.9 Å². The Bertz CT molecular complexity index is 6060. The number of morpholine rings is 2. The predicted molar refractivity (Wildman–Crippen MR) is 544 cm³/mol. The molecule has 7 aromatic rings. The third kappa shape index (κ3) is 27.8. The van der Waals surface area contributed by atoms with Gasteiger partial charge in [0, 0.05) is 104 Å². The van der Waals surface area contributed by atoms with E-state index in [2.05, 4.69) is 64.7 Å².